The summed E-state index contributed by atoms with van der Waals surface area (Å²) < 4.78 is 0. The molecule has 3 N–H and O–H groups in total. The van der Waals surface area contributed by atoms with Crippen LogP contribution < -0.4 is 16.0 Å². The Bertz CT molecular complexity index is 472. The first-order chi connectivity index (χ1) is 9.52. The van der Waals surface area contributed by atoms with E-state index in [0.717, 1.165) is 18.1 Å². The highest BCUT2D eigenvalue weighted by Gasteiger charge is 2.27. The van der Waals surface area contributed by atoms with Gasteiger partial charge in [-0.05, 0) is 39.9 Å². The van der Waals surface area contributed by atoms with Crippen molar-refractivity contribution in [3.63, 3.8) is 0 Å². The van der Waals surface area contributed by atoms with Crippen LogP contribution >= 0.6 is 11.3 Å². The zero-order valence-electron chi connectivity index (χ0n) is 12.5. The van der Waals surface area contributed by atoms with Crippen molar-refractivity contribution in [3.8, 4) is 0 Å². The molecule has 2 rings (SSSR count). The Balaban J connectivity index is 2.16. The van der Waals surface area contributed by atoms with E-state index in [0.29, 0.717) is 23.2 Å². The summed E-state index contributed by atoms with van der Waals surface area (Å²) in [6, 6.07) is 2.47. The molecule has 1 aliphatic rings. The monoisotopic (exact) mass is 296 g/mol. The van der Waals surface area contributed by atoms with Crippen LogP contribution in [0.1, 0.15) is 29.4 Å². The van der Waals surface area contributed by atoms with Crippen molar-refractivity contribution in [3.05, 3.63) is 10.9 Å². The van der Waals surface area contributed by atoms with E-state index in [1.807, 2.05) is 13.0 Å². The van der Waals surface area contributed by atoms with Crippen LogP contribution in [0.25, 0.3) is 0 Å². The van der Waals surface area contributed by atoms with Crippen LogP contribution in [0.15, 0.2) is 6.07 Å². The van der Waals surface area contributed by atoms with E-state index >= 15 is 0 Å². The van der Waals surface area contributed by atoms with E-state index < -0.39 is 0 Å². The van der Waals surface area contributed by atoms with Crippen molar-refractivity contribution in [2.24, 2.45) is 0 Å². The third-order valence-electron chi connectivity index (χ3n) is 3.53. The van der Waals surface area contributed by atoms with Crippen LogP contribution in [0.4, 0.5) is 10.7 Å². The number of nitrogens with one attached hydrogen (secondary N) is 1. The number of hydrogen-bond acceptors (Lipinski definition) is 5. The number of nitrogens with zero attached hydrogens (tertiary/aromatic N) is 2. The van der Waals surface area contributed by atoms with Gasteiger partial charge in [-0.1, -0.05) is 0 Å². The molecule has 0 radical (unpaired) electrons. The third-order valence-corrected chi connectivity index (χ3v) is 4.71. The van der Waals surface area contributed by atoms with Gasteiger partial charge in [-0.25, -0.2) is 0 Å². The molecule has 0 saturated carbocycles. The number of nitrogens with two attached hydrogens (primary N) is 1. The van der Waals surface area contributed by atoms with Crippen LogP contribution in [0.2, 0.25) is 0 Å². The van der Waals surface area contributed by atoms with E-state index in [2.05, 4.69) is 29.2 Å². The van der Waals surface area contributed by atoms with Crippen LogP contribution in [-0.4, -0.2) is 50.6 Å². The van der Waals surface area contributed by atoms with Crippen LogP contribution in [0.3, 0.4) is 0 Å². The van der Waals surface area contributed by atoms with Gasteiger partial charge < -0.3 is 20.9 Å². The van der Waals surface area contributed by atoms with Crippen LogP contribution in [-0.2, 0) is 0 Å². The highest BCUT2D eigenvalue weighted by molar-refractivity contribution is 7.18. The van der Waals surface area contributed by atoms with Crippen LogP contribution in [0.5, 0.6) is 0 Å². The number of thiophene rings is 1. The van der Waals surface area contributed by atoms with E-state index in [-0.39, 0.29) is 5.91 Å². The van der Waals surface area contributed by atoms with Gasteiger partial charge in [-0.15, -0.1) is 11.3 Å². The lowest BCUT2D eigenvalue weighted by atomic mass is 10.2. The fraction of sp³-hybridized carbons (Fsp3) is 0.643. The van der Waals surface area contributed by atoms with Crippen molar-refractivity contribution in [2.75, 3.05) is 44.4 Å². The molecule has 20 heavy (non-hydrogen) atoms. The summed E-state index contributed by atoms with van der Waals surface area (Å²) in [5, 5.41) is 3.93. The zero-order valence-corrected chi connectivity index (χ0v) is 13.3. The molecule has 0 spiro atoms. The van der Waals surface area contributed by atoms with Crippen LogP contribution in [0, 0.1) is 0 Å². The fourth-order valence-corrected chi connectivity index (χ4v) is 3.78. The van der Waals surface area contributed by atoms with Gasteiger partial charge in [0, 0.05) is 25.7 Å². The molecular weight excluding hydrogens is 272 g/mol. The van der Waals surface area contributed by atoms with Gasteiger partial charge >= 0.3 is 0 Å². The molecule has 0 aliphatic carbocycles. The zero-order chi connectivity index (χ0) is 14.7. The summed E-state index contributed by atoms with van der Waals surface area (Å²) in [5.74, 6) is -0.0652. The van der Waals surface area contributed by atoms with Crippen molar-refractivity contribution < 1.29 is 4.79 Å². The molecule has 1 fully saturated rings. The molecule has 1 aromatic heterocycles. The summed E-state index contributed by atoms with van der Waals surface area (Å²) in [6.07, 6.45) is 2.40. The van der Waals surface area contributed by atoms with E-state index in [9.17, 15) is 4.79 Å². The number of nitrogen functional groups attached to an aromatic ring is 1. The second-order valence-electron chi connectivity index (χ2n) is 5.48. The van der Waals surface area contributed by atoms with Gasteiger partial charge in [-0.3, -0.25) is 4.79 Å². The summed E-state index contributed by atoms with van der Waals surface area (Å²) >= 11 is 1.51. The van der Waals surface area contributed by atoms with Crippen molar-refractivity contribution in [1.82, 2.24) is 10.2 Å². The number of anilines is 2. The summed E-state index contributed by atoms with van der Waals surface area (Å²) in [4.78, 5) is 17.2. The Morgan fingerprint density at radius 3 is 3.00 bits per heavy atom. The maximum atomic E-state index is 11.9. The van der Waals surface area contributed by atoms with Gasteiger partial charge in [-0.2, -0.15) is 0 Å². The topological polar surface area (TPSA) is 61.6 Å². The number of hydrogen-bond donors (Lipinski definition) is 2. The van der Waals surface area contributed by atoms with Crippen molar-refractivity contribution in [1.29, 1.82) is 0 Å². The van der Waals surface area contributed by atoms with E-state index in [1.165, 1.54) is 24.2 Å². The lowest BCUT2D eigenvalue weighted by Crippen LogP contribution is -2.37. The minimum absolute atomic E-state index is 0.0652. The predicted molar refractivity (Wildman–Crippen MR) is 85.7 cm³/mol. The molecule has 1 atom stereocenters. The molecule has 1 unspecified atom stereocenters. The fourth-order valence-electron chi connectivity index (χ4n) is 2.69. The molecular formula is C14H24N4OS. The van der Waals surface area contributed by atoms with Gasteiger partial charge in [0.1, 0.15) is 4.88 Å². The molecule has 0 aromatic carbocycles. The van der Waals surface area contributed by atoms with Gasteiger partial charge in [0.2, 0.25) is 0 Å². The molecule has 0 bridgehead atoms. The third kappa shape index (κ3) is 3.24. The molecule has 5 nitrogen and oxygen atoms in total. The minimum atomic E-state index is -0.0652. The molecule has 1 saturated heterocycles. The highest BCUT2D eigenvalue weighted by atomic mass is 32.1. The molecule has 2 heterocycles. The molecule has 1 aliphatic heterocycles. The lowest BCUT2D eigenvalue weighted by Gasteiger charge is -2.27. The Morgan fingerprint density at radius 1 is 1.60 bits per heavy atom. The highest BCUT2D eigenvalue weighted by Crippen LogP contribution is 2.36. The molecule has 112 valence electrons. The van der Waals surface area contributed by atoms with Gasteiger partial charge in [0.25, 0.3) is 5.91 Å². The lowest BCUT2D eigenvalue weighted by molar-refractivity contribution is 0.0960. The number of carbonyl (C=O) groups is 1. The summed E-state index contributed by atoms with van der Waals surface area (Å²) in [5.41, 5.74) is 6.59. The first-order valence-electron chi connectivity index (χ1n) is 7.11. The number of rotatable bonds is 5. The van der Waals surface area contributed by atoms with E-state index in [4.69, 9.17) is 5.73 Å². The standard InChI is InChI=1S/C14H24N4OS/c1-4-16-14(19)13-11(15)8-12(20-13)18-7-5-6-10(18)9-17(2)3/h8,10H,4-7,9,15H2,1-3H3,(H,16,19). The Morgan fingerprint density at radius 2 is 2.35 bits per heavy atom. The average molecular weight is 296 g/mol. The number of likely N-dealkylation sites (N-methyl/N-ethyl adjacent to an activating group) is 1. The molecule has 1 aromatic rings. The summed E-state index contributed by atoms with van der Waals surface area (Å²) in [6.45, 7) is 4.62. The Labute approximate surface area is 124 Å². The number of amides is 1. The van der Waals surface area contributed by atoms with Crippen molar-refractivity contribution >= 4 is 27.9 Å². The Hall–Kier alpha value is -1.27. The summed E-state index contributed by atoms with van der Waals surface area (Å²) in [7, 11) is 4.19. The second kappa shape index (κ2) is 6.45. The van der Waals surface area contributed by atoms with Crippen molar-refractivity contribution in [2.45, 2.75) is 25.8 Å². The first kappa shape index (κ1) is 15.1. The van der Waals surface area contributed by atoms with Gasteiger partial charge in [0.15, 0.2) is 0 Å². The van der Waals surface area contributed by atoms with E-state index in [1.54, 1.807) is 0 Å². The normalized spacial score (nSPS) is 18.8. The first-order valence-corrected chi connectivity index (χ1v) is 7.93. The van der Waals surface area contributed by atoms with Gasteiger partial charge in [0.05, 0.1) is 10.7 Å². The second-order valence-corrected chi connectivity index (χ2v) is 6.51. The predicted octanol–water partition coefficient (Wildman–Crippen LogP) is 1.61. The maximum Gasteiger partial charge on any atom is 0.263 e. The Kier molecular flexibility index (Phi) is 4.88. The quantitative estimate of drug-likeness (QED) is 0.866. The molecule has 6 heteroatoms. The SMILES string of the molecule is CCNC(=O)c1sc(N2CCCC2CN(C)C)cc1N. The largest absolute Gasteiger partial charge is 0.397 e. The number of carbonyl (C=O) groups excluding carboxylic acids is 1. The average Bonchev–Trinajstić information content (AvgIpc) is 2.95. The minimum Gasteiger partial charge on any atom is -0.397 e. The smallest absolute Gasteiger partial charge is 0.263 e. The molecule has 1 amide bonds. The maximum absolute atomic E-state index is 11.9.